The topological polar surface area (TPSA) is 47.3 Å². The fourth-order valence-electron chi connectivity index (χ4n) is 2.65. The van der Waals surface area contributed by atoms with Crippen LogP contribution in [0.25, 0.3) is 0 Å². The number of benzene rings is 1. The van der Waals surface area contributed by atoms with Crippen LogP contribution in [0, 0.1) is 11.3 Å². The van der Waals surface area contributed by atoms with Crippen molar-refractivity contribution < 1.29 is 5.11 Å². The van der Waals surface area contributed by atoms with Gasteiger partial charge < -0.3 is 5.11 Å². The van der Waals surface area contributed by atoms with Crippen molar-refractivity contribution in [3.8, 4) is 6.07 Å². The Morgan fingerprint density at radius 3 is 2.82 bits per heavy atom. The highest BCUT2D eigenvalue weighted by Crippen LogP contribution is 2.31. The lowest BCUT2D eigenvalue weighted by Gasteiger charge is -2.31. The molecule has 1 saturated heterocycles. The Bertz CT molecular complexity index is 385. The molecule has 0 saturated carbocycles. The number of aliphatic hydroxyl groups is 1. The fourth-order valence-corrected chi connectivity index (χ4v) is 2.65. The second kappa shape index (κ2) is 5.81. The van der Waals surface area contributed by atoms with E-state index in [1.807, 2.05) is 18.2 Å². The van der Waals surface area contributed by atoms with E-state index in [0.717, 1.165) is 19.4 Å². The van der Waals surface area contributed by atoms with Gasteiger partial charge in [0.05, 0.1) is 19.1 Å². The number of rotatable bonds is 4. The summed E-state index contributed by atoms with van der Waals surface area (Å²) in [5.41, 5.74) is 1.18. The standard InChI is InChI=1S/C14H18N2O/c15-9-8-14(12-5-2-1-3-6-12)16-10-4-7-13(16)11-17/h1-3,5-6,13-14,17H,4,7-8,10-11H2/t13-,14?/m0/s1. The Morgan fingerprint density at radius 2 is 2.18 bits per heavy atom. The molecule has 0 radical (unpaired) electrons. The number of nitriles is 1. The maximum absolute atomic E-state index is 9.38. The predicted octanol–water partition coefficient (Wildman–Crippen LogP) is 2.10. The van der Waals surface area contributed by atoms with Crippen molar-refractivity contribution in [1.29, 1.82) is 5.26 Å². The van der Waals surface area contributed by atoms with Gasteiger partial charge in [-0.15, -0.1) is 0 Å². The molecule has 2 atom stereocenters. The molecular weight excluding hydrogens is 212 g/mol. The minimum Gasteiger partial charge on any atom is -0.395 e. The average Bonchev–Trinajstić information content (AvgIpc) is 2.85. The third-order valence-corrected chi connectivity index (χ3v) is 3.50. The van der Waals surface area contributed by atoms with E-state index >= 15 is 0 Å². The molecule has 1 aliphatic rings. The first kappa shape index (κ1) is 12.1. The Kier molecular flexibility index (Phi) is 4.13. The van der Waals surface area contributed by atoms with E-state index < -0.39 is 0 Å². The summed E-state index contributed by atoms with van der Waals surface area (Å²) in [4.78, 5) is 2.28. The molecular formula is C14H18N2O. The Hall–Kier alpha value is -1.37. The zero-order valence-electron chi connectivity index (χ0n) is 9.92. The van der Waals surface area contributed by atoms with Crippen LogP contribution in [0.2, 0.25) is 0 Å². The molecule has 1 aromatic carbocycles. The van der Waals surface area contributed by atoms with E-state index in [-0.39, 0.29) is 18.7 Å². The van der Waals surface area contributed by atoms with Gasteiger partial charge in [-0.1, -0.05) is 30.3 Å². The second-order valence-corrected chi connectivity index (χ2v) is 4.51. The summed E-state index contributed by atoms with van der Waals surface area (Å²) in [7, 11) is 0. The van der Waals surface area contributed by atoms with Gasteiger partial charge in [-0.3, -0.25) is 4.90 Å². The Balaban J connectivity index is 2.20. The maximum atomic E-state index is 9.38. The largest absolute Gasteiger partial charge is 0.395 e. The summed E-state index contributed by atoms with van der Waals surface area (Å²) in [5, 5.41) is 18.4. The lowest BCUT2D eigenvalue weighted by atomic mass is 10.0. The van der Waals surface area contributed by atoms with Crippen molar-refractivity contribution >= 4 is 0 Å². The molecule has 1 heterocycles. The number of likely N-dealkylation sites (tertiary alicyclic amines) is 1. The highest BCUT2D eigenvalue weighted by molar-refractivity contribution is 5.20. The van der Waals surface area contributed by atoms with Crippen LogP contribution < -0.4 is 0 Å². The van der Waals surface area contributed by atoms with E-state index in [4.69, 9.17) is 5.26 Å². The predicted molar refractivity (Wildman–Crippen MR) is 66.2 cm³/mol. The van der Waals surface area contributed by atoms with E-state index in [9.17, 15) is 5.11 Å². The molecule has 0 amide bonds. The fraction of sp³-hybridized carbons (Fsp3) is 0.500. The molecule has 0 bridgehead atoms. The number of nitrogens with zero attached hydrogens (tertiary/aromatic N) is 2. The van der Waals surface area contributed by atoms with Crippen LogP contribution in [-0.4, -0.2) is 29.2 Å². The van der Waals surface area contributed by atoms with Gasteiger partial charge in [0, 0.05) is 12.1 Å². The van der Waals surface area contributed by atoms with Gasteiger partial charge in [-0.25, -0.2) is 0 Å². The van der Waals surface area contributed by atoms with Gasteiger partial charge >= 0.3 is 0 Å². The quantitative estimate of drug-likeness (QED) is 0.861. The van der Waals surface area contributed by atoms with E-state index in [0.29, 0.717) is 6.42 Å². The van der Waals surface area contributed by atoms with Crippen LogP contribution in [0.3, 0.4) is 0 Å². The first-order valence-corrected chi connectivity index (χ1v) is 6.15. The van der Waals surface area contributed by atoms with Crippen molar-refractivity contribution in [3.05, 3.63) is 35.9 Å². The van der Waals surface area contributed by atoms with Crippen LogP contribution in [0.4, 0.5) is 0 Å². The zero-order valence-corrected chi connectivity index (χ0v) is 9.92. The summed E-state index contributed by atoms with van der Waals surface area (Å²) in [5.74, 6) is 0. The molecule has 1 aromatic rings. The van der Waals surface area contributed by atoms with E-state index in [1.54, 1.807) is 0 Å². The summed E-state index contributed by atoms with van der Waals surface area (Å²) >= 11 is 0. The molecule has 1 aliphatic heterocycles. The summed E-state index contributed by atoms with van der Waals surface area (Å²) in [6.45, 7) is 1.17. The summed E-state index contributed by atoms with van der Waals surface area (Å²) < 4.78 is 0. The van der Waals surface area contributed by atoms with Gasteiger partial charge in [-0.05, 0) is 24.9 Å². The van der Waals surface area contributed by atoms with Crippen molar-refractivity contribution in [1.82, 2.24) is 4.90 Å². The van der Waals surface area contributed by atoms with Crippen molar-refractivity contribution in [2.45, 2.75) is 31.3 Å². The van der Waals surface area contributed by atoms with Gasteiger partial charge in [-0.2, -0.15) is 5.26 Å². The Morgan fingerprint density at radius 1 is 1.41 bits per heavy atom. The van der Waals surface area contributed by atoms with Gasteiger partial charge in [0.1, 0.15) is 0 Å². The molecule has 1 N–H and O–H groups in total. The highest BCUT2D eigenvalue weighted by Gasteiger charge is 2.30. The summed E-state index contributed by atoms with van der Waals surface area (Å²) in [6, 6.07) is 12.7. The first-order valence-electron chi connectivity index (χ1n) is 6.15. The van der Waals surface area contributed by atoms with Crippen LogP contribution in [0.5, 0.6) is 0 Å². The molecule has 3 nitrogen and oxygen atoms in total. The smallest absolute Gasteiger partial charge is 0.0641 e. The molecule has 1 unspecified atom stereocenters. The monoisotopic (exact) mass is 230 g/mol. The number of hydrogen-bond acceptors (Lipinski definition) is 3. The third kappa shape index (κ3) is 2.66. The molecule has 0 spiro atoms. The van der Waals surface area contributed by atoms with Gasteiger partial charge in [0.15, 0.2) is 0 Å². The minimum atomic E-state index is 0.126. The molecule has 0 aliphatic carbocycles. The van der Waals surface area contributed by atoms with Crippen LogP contribution in [0.15, 0.2) is 30.3 Å². The third-order valence-electron chi connectivity index (χ3n) is 3.50. The molecule has 17 heavy (non-hydrogen) atoms. The molecule has 1 fully saturated rings. The normalized spacial score (nSPS) is 22.2. The minimum absolute atomic E-state index is 0.126. The zero-order chi connectivity index (χ0) is 12.1. The molecule has 90 valence electrons. The van der Waals surface area contributed by atoms with Crippen LogP contribution >= 0.6 is 0 Å². The first-order chi connectivity index (χ1) is 8.36. The molecule has 3 heteroatoms. The van der Waals surface area contributed by atoms with Crippen molar-refractivity contribution in [2.75, 3.05) is 13.2 Å². The molecule has 0 aromatic heterocycles. The average molecular weight is 230 g/mol. The number of hydrogen-bond donors (Lipinski definition) is 1. The van der Waals surface area contributed by atoms with Crippen LogP contribution in [-0.2, 0) is 0 Å². The van der Waals surface area contributed by atoms with Crippen molar-refractivity contribution in [2.24, 2.45) is 0 Å². The molecule has 2 rings (SSSR count). The summed E-state index contributed by atoms with van der Waals surface area (Å²) in [6.07, 6.45) is 2.63. The second-order valence-electron chi connectivity index (χ2n) is 4.51. The van der Waals surface area contributed by atoms with Gasteiger partial charge in [0.2, 0.25) is 0 Å². The maximum Gasteiger partial charge on any atom is 0.0641 e. The lowest BCUT2D eigenvalue weighted by molar-refractivity contribution is 0.120. The Labute approximate surface area is 102 Å². The highest BCUT2D eigenvalue weighted by atomic mass is 16.3. The lowest BCUT2D eigenvalue weighted by Crippen LogP contribution is -2.35. The van der Waals surface area contributed by atoms with Gasteiger partial charge in [0.25, 0.3) is 0 Å². The van der Waals surface area contributed by atoms with E-state index in [2.05, 4.69) is 23.1 Å². The number of aliphatic hydroxyl groups excluding tert-OH is 1. The van der Waals surface area contributed by atoms with Crippen molar-refractivity contribution in [3.63, 3.8) is 0 Å². The van der Waals surface area contributed by atoms with E-state index in [1.165, 1.54) is 5.56 Å². The van der Waals surface area contributed by atoms with Crippen LogP contribution in [0.1, 0.15) is 30.9 Å². The SMILES string of the molecule is N#CCC(c1ccccc1)N1CCC[C@H]1CO.